The topological polar surface area (TPSA) is 66.4 Å². The minimum atomic E-state index is -0.136. The minimum Gasteiger partial charge on any atom is -0.356 e. The summed E-state index contributed by atoms with van der Waals surface area (Å²) in [4.78, 5) is 26.4. The van der Waals surface area contributed by atoms with Gasteiger partial charge in [0, 0.05) is 38.1 Å². The van der Waals surface area contributed by atoms with Gasteiger partial charge in [0.25, 0.3) is 0 Å². The molecule has 0 unspecified atom stereocenters. The first-order valence-corrected chi connectivity index (χ1v) is 9.05. The molecule has 0 spiro atoms. The number of aryl methyl sites for hydroxylation is 1. The molecule has 0 bridgehead atoms. The zero-order valence-corrected chi connectivity index (χ0v) is 14.9. The second-order valence-electron chi connectivity index (χ2n) is 6.49. The van der Waals surface area contributed by atoms with Gasteiger partial charge in [-0.25, -0.2) is 4.79 Å². The first-order chi connectivity index (χ1) is 12.1. The molecule has 1 aromatic heterocycles. The molecule has 6 heteroatoms. The molecule has 1 fully saturated rings. The Hall–Kier alpha value is -2.50. The highest BCUT2D eigenvalue weighted by Crippen LogP contribution is 2.22. The highest BCUT2D eigenvalue weighted by atomic mass is 16.2. The zero-order chi connectivity index (χ0) is 17.8. The molecule has 2 heterocycles. The number of benzene rings is 1. The second-order valence-corrected chi connectivity index (χ2v) is 6.49. The Bertz CT molecular complexity index is 768. The largest absolute Gasteiger partial charge is 0.356 e. The summed E-state index contributed by atoms with van der Waals surface area (Å²) in [6.07, 6.45) is 3.75. The predicted octanol–water partition coefficient (Wildman–Crippen LogP) is 3.04. The summed E-state index contributed by atoms with van der Waals surface area (Å²) in [5.41, 5.74) is 1.89. The fourth-order valence-corrected chi connectivity index (χ4v) is 3.43. The molecule has 2 N–H and O–H groups in total. The van der Waals surface area contributed by atoms with Crippen molar-refractivity contribution in [3.05, 3.63) is 30.5 Å². The first-order valence-electron chi connectivity index (χ1n) is 9.05. The number of nitrogens with zero attached hydrogens (tertiary/aromatic N) is 2. The fourth-order valence-electron chi connectivity index (χ4n) is 3.43. The molecule has 1 aromatic carbocycles. The van der Waals surface area contributed by atoms with Crippen LogP contribution in [0, 0.1) is 5.92 Å². The normalized spacial score (nSPS) is 17.5. The number of anilines is 1. The molecule has 134 valence electrons. The number of piperidine rings is 1. The second kappa shape index (κ2) is 7.59. The molecule has 0 aliphatic carbocycles. The monoisotopic (exact) mass is 342 g/mol. The third-order valence-electron chi connectivity index (χ3n) is 4.80. The van der Waals surface area contributed by atoms with E-state index in [1.807, 2.05) is 25.1 Å². The van der Waals surface area contributed by atoms with Crippen LogP contribution in [0.2, 0.25) is 0 Å². The molecule has 1 saturated heterocycles. The van der Waals surface area contributed by atoms with Crippen LogP contribution >= 0.6 is 0 Å². The lowest BCUT2D eigenvalue weighted by molar-refractivity contribution is -0.126. The molecule has 25 heavy (non-hydrogen) atoms. The van der Waals surface area contributed by atoms with Crippen molar-refractivity contribution < 1.29 is 9.59 Å². The van der Waals surface area contributed by atoms with Gasteiger partial charge >= 0.3 is 6.03 Å². The lowest BCUT2D eigenvalue weighted by Crippen LogP contribution is -2.46. The third-order valence-corrected chi connectivity index (χ3v) is 4.80. The smallest absolute Gasteiger partial charge is 0.321 e. The zero-order valence-electron chi connectivity index (χ0n) is 14.9. The van der Waals surface area contributed by atoms with Gasteiger partial charge in [0.05, 0.1) is 11.4 Å². The molecule has 0 radical (unpaired) electrons. The fraction of sp³-hybridized carbons (Fsp3) is 0.474. The molecule has 0 saturated carbocycles. The van der Waals surface area contributed by atoms with Crippen LogP contribution in [0.1, 0.15) is 26.7 Å². The number of amides is 3. The van der Waals surface area contributed by atoms with Gasteiger partial charge < -0.3 is 20.1 Å². The SMILES string of the molecule is CCNC(=O)[C@H]1CCCN(C(=O)Nc2ccc3ccn(CC)c3c2)C1. The highest BCUT2D eigenvalue weighted by Gasteiger charge is 2.28. The number of fused-ring (bicyclic) bond motifs is 1. The maximum atomic E-state index is 12.6. The number of nitrogens with one attached hydrogen (secondary N) is 2. The number of urea groups is 1. The van der Waals surface area contributed by atoms with Crippen molar-refractivity contribution in [2.45, 2.75) is 33.2 Å². The van der Waals surface area contributed by atoms with Crippen LogP contribution in [-0.4, -0.2) is 41.0 Å². The first kappa shape index (κ1) is 17.3. The van der Waals surface area contributed by atoms with E-state index in [1.54, 1.807) is 4.90 Å². The van der Waals surface area contributed by atoms with Crippen LogP contribution in [0.4, 0.5) is 10.5 Å². The van der Waals surface area contributed by atoms with Gasteiger partial charge in [-0.15, -0.1) is 0 Å². The van der Waals surface area contributed by atoms with E-state index in [-0.39, 0.29) is 17.9 Å². The lowest BCUT2D eigenvalue weighted by atomic mass is 9.97. The van der Waals surface area contributed by atoms with Crippen molar-refractivity contribution in [1.82, 2.24) is 14.8 Å². The number of hydrogen-bond acceptors (Lipinski definition) is 2. The van der Waals surface area contributed by atoms with E-state index in [2.05, 4.69) is 34.4 Å². The summed E-state index contributed by atoms with van der Waals surface area (Å²) in [5.74, 6) is -0.0681. The van der Waals surface area contributed by atoms with Gasteiger partial charge in [-0.1, -0.05) is 6.07 Å². The van der Waals surface area contributed by atoms with Gasteiger partial charge in [0.2, 0.25) is 5.91 Å². The van der Waals surface area contributed by atoms with Gasteiger partial charge in [0.1, 0.15) is 0 Å². The maximum absolute atomic E-state index is 12.6. The predicted molar refractivity (Wildman–Crippen MR) is 99.6 cm³/mol. The molecule has 3 rings (SSSR count). The molecule has 1 aliphatic rings. The summed E-state index contributed by atoms with van der Waals surface area (Å²) >= 11 is 0. The number of carbonyl (C=O) groups is 2. The van der Waals surface area contributed by atoms with E-state index < -0.39 is 0 Å². The Morgan fingerprint density at radius 3 is 2.84 bits per heavy atom. The van der Waals surface area contributed by atoms with Gasteiger partial charge in [-0.05, 0) is 50.3 Å². The van der Waals surface area contributed by atoms with Crippen molar-refractivity contribution >= 4 is 28.5 Å². The summed E-state index contributed by atoms with van der Waals surface area (Å²) in [7, 11) is 0. The minimum absolute atomic E-state index is 0.0437. The van der Waals surface area contributed by atoms with Crippen molar-refractivity contribution in [1.29, 1.82) is 0 Å². The molecule has 6 nitrogen and oxygen atoms in total. The standard InChI is InChI=1S/C19H26N4O2/c1-3-20-18(24)15-6-5-10-23(13-15)19(25)21-16-8-7-14-9-11-22(4-2)17(14)12-16/h7-9,11-12,15H,3-6,10,13H2,1-2H3,(H,20,24)(H,21,25)/t15-/m0/s1. The summed E-state index contributed by atoms with van der Waals surface area (Å²) < 4.78 is 2.15. The summed E-state index contributed by atoms with van der Waals surface area (Å²) in [5, 5.41) is 6.99. The van der Waals surface area contributed by atoms with E-state index in [1.165, 1.54) is 0 Å². The van der Waals surface area contributed by atoms with E-state index >= 15 is 0 Å². The maximum Gasteiger partial charge on any atom is 0.321 e. The molecule has 3 amide bonds. The van der Waals surface area contributed by atoms with E-state index in [9.17, 15) is 9.59 Å². The van der Waals surface area contributed by atoms with Crippen LogP contribution in [0.15, 0.2) is 30.5 Å². The van der Waals surface area contributed by atoms with Crippen LogP contribution < -0.4 is 10.6 Å². The number of rotatable bonds is 4. The number of hydrogen-bond donors (Lipinski definition) is 2. The summed E-state index contributed by atoms with van der Waals surface area (Å²) in [6, 6.07) is 7.88. The number of carbonyl (C=O) groups excluding carboxylic acids is 2. The van der Waals surface area contributed by atoms with Crippen LogP contribution in [0.5, 0.6) is 0 Å². The quantitative estimate of drug-likeness (QED) is 0.897. The Labute approximate surface area is 148 Å². The Balaban J connectivity index is 1.68. The highest BCUT2D eigenvalue weighted by molar-refractivity contribution is 5.93. The van der Waals surface area contributed by atoms with Gasteiger partial charge in [0.15, 0.2) is 0 Å². The Morgan fingerprint density at radius 2 is 2.08 bits per heavy atom. The van der Waals surface area contributed by atoms with Crippen molar-refractivity contribution in [3.63, 3.8) is 0 Å². The van der Waals surface area contributed by atoms with Gasteiger partial charge in [-0.2, -0.15) is 0 Å². The van der Waals surface area contributed by atoms with Crippen molar-refractivity contribution in [2.75, 3.05) is 25.0 Å². The Kier molecular flexibility index (Phi) is 5.26. The molecular formula is C19H26N4O2. The Morgan fingerprint density at radius 1 is 1.24 bits per heavy atom. The lowest BCUT2D eigenvalue weighted by Gasteiger charge is -2.32. The average molecular weight is 342 g/mol. The molecule has 1 aliphatic heterocycles. The molecular weight excluding hydrogens is 316 g/mol. The van der Waals surface area contributed by atoms with E-state index in [0.29, 0.717) is 19.6 Å². The summed E-state index contributed by atoms with van der Waals surface area (Å²) in [6.45, 7) is 6.69. The third kappa shape index (κ3) is 3.78. The molecule has 2 aromatic rings. The van der Waals surface area contributed by atoms with Crippen molar-refractivity contribution in [2.24, 2.45) is 5.92 Å². The van der Waals surface area contributed by atoms with Crippen molar-refractivity contribution in [3.8, 4) is 0 Å². The van der Waals surface area contributed by atoms with Crippen LogP contribution in [0.25, 0.3) is 10.9 Å². The molecule has 1 atom stereocenters. The van der Waals surface area contributed by atoms with Crippen LogP contribution in [0.3, 0.4) is 0 Å². The number of aromatic nitrogens is 1. The average Bonchev–Trinajstić information content (AvgIpc) is 3.04. The van der Waals surface area contributed by atoms with E-state index in [4.69, 9.17) is 0 Å². The van der Waals surface area contributed by atoms with E-state index in [0.717, 1.165) is 36.0 Å². The number of likely N-dealkylation sites (tertiary alicyclic amines) is 1. The van der Waals surface area contributed by atoms with Gasteiger partial charge in [-0.3, -0.25) is 4.79 Å². The van der Waals surface area contributed by atoms with Crippen LogP contribution in [-0.2, 0) is 11.3 Å².